The Balaban J connectivity index is 1.77. The van der Waals surface area contributed by atoms with Crippen LogP contribution in [0.2, 0.25) is 0 Å². The first-order valence-corrected chi connectivity index (χ1v) is 9.20. The molecule has 0 aliphatic carbocycles. The standard InChI is InChI=1S/C18H33N5O/c1-5-7-23(14-17-10-20-21(4)13-17)18(24)19-6-8-22-11-15(2)9-16(3)12-22/h10,13,15-16H,5-9,11-12,14H2,1-4H3,(H,19,24). The normalized spacial score (nSPS) is 21.7. The molecule has 6 nitrogen and oxygen atoms in total. The fourth-order valence-corrected chi connectivity index (χ4v) is 3.70. The van der Waals surface area contributed by atoms with Crippen molar-refractivity contribution in [3.63, 3.8) is 0 Å². The summed E-state index contributed by atoms with van der Waals surface area (Å²) >= 11 is 0. The van der Waals surface area contributed by atoms with Gasteiger partial charge in [0.25, 0.3) is 0 Å². The van der Waals surface area contributed by atoms with Gasteiger partial charge in [0.15, 0.2) is 0 Å². The number of aryl methyl sites for hydroxylation is 1. The fourth-order valence-electron chi connectivity index (χ4n) is 3.70. The number of carbonyl (C=O) groups excluding carboxylic acids is 1. The number of nitrogens with zero attached hydrogens (tertiary/aromatic N) is 4. The predicted molar refractivity (Wildman–Crippen MR) is 96.7 cm³/mol. The van der Waals surface area contributed by atoms with Gasteiger partial charge in [0.2, 0.25) is 0 Å². The highest BCUT2D eigenvalue weighted by molar-refractivity contribution is 5.74. The molecule has 2 amide bonds. The number of nitrogens with one attached hydrogen (secondary N) is 1. The zero-order valence-electron chi connectivity index (χ0n) is 15.7. The Labute approximate surface area is 146 Å². The molecule has 1 aliphatic rings. The van der Waals surface area contributed by atoms with E-state index in [-0.39, 0.29) is 6.03 Å². The molecule has 2 heterocycles. The molecule has 136 valence electrons. The topological polar surface area (TPSA) is 53.4 Å². The van der Waals surface area contributed by atoms with Crippen LogP contribution in [-0.2, 0) is 13.6 Å². The van der Waals surface area contributed by atoms with Crippen LogP contribution in [0, 0.1) is 11.8 Å². The number of likely N-dealkylation sites (tertiary alicyclic amines) is 1. The molecule has 1 aromatic heterocycles. The van der Waals surface area contributed by atoms with Crippen molar-refractivity contribution in [3.05, 3.63) is 18.0 Å². The Morgan fingerprint density at radius 1 is 1.38 bits per heavy atom. The highest BCUT2D eigenvalue weighted by atomic mass is 16.2. The zero-order chi connectivity index (χ0) is 17.5. The van der Waals surface area contributed by atoms with Crippen LogP contribution in [-0.4, -0.2) is 58.3 Å². The number of hydrogen-bond donors (Lipinski definition) is 1. The number of urea groups is 1. The minimum absolute atomic E-state index is 0.0267. The molecular weight excluding hydrogens is 302 g/mol. The molecule has 0 spiro atoms. The number of hydrogen-bond acceptors (Lipinski definition) is 3. The van der Waals surface area contributed by atoms with E-state index in [4.69, 9.17) is 0 Å². The Morgan fingerprint density at radius 2 is 2.08 bits per heavy atom. The number of carbonyl (C=O) groups is 1. The third-order valence-corrected chi connectivity index (χ3v) is 4.56. The molecule has 6 heteroatoms. The Bertz CT molecular complexity index is 505. The molecule has 1 saturated heterocycles. The molecule has 0 saturated carbocycles. The van der Waals surface area contributed by atoms with E-state index in [2.05, 4.69) is 36.1 Å². The summed E-state index contributed by atoms with van der Waals surface area (Å²) in [6.45, 7) is 12.1. The van der Waals surface area contributed by atoms with Crippen molar-refractivity contribution in [1.29, 1.82) is 0 Å². The first kappa shape index (κ1) is 18.8. The summed E-state index contributed by atoms with van der Waals surface area (Å²) in [5.41, 5.74) is 1.07. The van der Waals surface area contributed by atoms with Gasteiger partial charge in [0, 0.05) is 51.5 Å². The lowest BCUT2D eigenvalue weighted by atomic mass is 9.92. The second-order valence-electron chi connectivity index (χ2n) is 7.38. The maximum Gasteiger partial charge on any atom is 0.317 e. The molecule has 0 aromatic carbocycles. The van der Waals surface area contributed by atoms with E-state index < -0.39 is 0 Å². The van der Waals surface area contributed by atoms with Gasteiger partial charge in [-0.3, -0.25) is 4.68 Å². The fraction of sp³-hybridized carbons (Fsp3) is 0.778. The summed E-state index contributed by atoms with van der Waals surface area (Å²) in [5, 5.41) is 7.27. The Hall–Kier alpha value is -1.56. The van der Waals surface area contributed by atoms with Gasteiger partial charge in [-0.15, -0.1) is 0 Å². The van der Waals surface area contributed by atoms with Crippen molar-refractivity contribution in [2.24, 2.45) is 18.9 Å². The number of aromatic nitrogens is 2. The SMILES string of the molecule is CCCN(Cc1cnn(C)c1)C(=O)NCCN1CC(C)CC(C)C1. The minimum Gasteiger partial charge on any atom is -0.337 e. The van der Waals surface area contributed by atoms with Crippen molar-refractivity contribution in [2.45, 2.75) is 40.2 Å². The van der Waals surface area contributed by atoms with Gasteiger partial charge in [-0.05, 0) is 24.7 Å². The second-order valence-corrected chi connectivity index (χ2v) is 7.38. The monoisotopic (exact) mass is 335 g/mol. The summed E-state index contributed by atoms with van der Waals surface area (Å²) in [4.78, 5) is 16.8. The van der Waals surface area contributed by atoms with Gasteiger partial charge >= 0.3 is 6.03 Å². The number of piperidine rings is 1. The maximum atomic E-state index is 12.5. The lowest BCUT2D eigenvalue weighted by molar-refractivity contribution is 0.140. The molecule has 1 N–H and O–H groups in total. The van der Waals surface area contributed by atoms with Gasteiger partial charge in [0.05, 0.1) is 12.7 Å². The smallest absolute Gasteiger partial charge is 0.317 e. The van der Waals surface area contributed by atoms with E-state index in [0.29, 0.717) is 13.1 Å². The molecule has 2 atom stereocenters. The molecular formula is C18H33N5O. The Kier molecular flexibility index (Phi) is 7.09. The van der Waals surface area contributed by atoms with E-state index in [1.165, 1.54) is 6.42 Å². The van der Waals surface area contributed by atoms with E-state index >= 15 is 0 Å². The first-order chi connectivity index (χ1) is 11.5. The van der Waals surface area contributed by atoms with Gasteiger partial charge in [-0.1, -0.05) is 20.8 Å². The average Bonchev–Trinajstić information content (AvgIpc) is 2.91. The minimum atomic E-state index is 0.0267. The van der Waals surface area contributed by atoms with Crippen molar-refractivity contribution in [3.8, 4) is 0 Å². The summed E-state index contributed by atoms with van der Waals surface area (Å²) in [6.07, 6.45) is 6.06. The number of rotatable bonds is 7. The summed E-state index contributed by atoms with van der Waals surface area (Å²) in [5.74, 6) is 1.51. The van der Waals surface area contributed by atoms with Gasteiger partial charge in [0.1, 0.15) is 0 Å². The third kappa shape index (κ3) is 5.82. The van der Waals surface area contributed by atoms with Gasteiger partial charge < -0.3 is 15.1 Å². The highest BCUT2D eigenvalue weighted by Crippen LogP contribution is 2.20. The van der Waals surface area contributed by atoms with Crippen molar-refractivity contribution in [2.75, 3.05) is 32.7 Å². The molecule has 24 heavy (non-hydrogen) atoms. The first-order valence-electron chi connectivity index (χ1n) is 9.20. The van der Waals surface area contributed by atoms with E-state index in [1.807, 2.05) is 24.3 Å². The van der Waals surface area contributed by atoms with Crippen LogP contribution in [0.4, 0.5) is 4.79 Å². The highest BCUT2D eigenvalue weighted by Gasteiger charge is 2.21. The summed E-state index contributed by atoms with van der Waals surface area (Å²) < 4.78 is 1.77. The lowest BCUT2D eigenvalue weighted by Crippen LogP contribution is -2.45. The quantitative estimate of drug-likeness (QED) is 0.832. The molecule has 0 radical (unpaired) electrons. The average molecular weight is 335 g/mol. The van der Waals surface area contributed by atoms with Crippen LogP contribution >= 0.6 is 0 Å². The lowest BCUT2D eigenvalue weighted by Gasteiger charge is -2.35. The molecule has 1 aliphatic heterocycles. The van der Waals surface area contributed by atoms with E-state index in [9.17, 15) is 4.79 Å². The molecule has 0 bridgehead atoms. The zero-order valence-corrected chi connectivity index (χ0v) is 15.7. The molecule has 1 aromatic rings. The van der Waals surface area contributed by atoms with Crippen LogP contribution in [0.5, 0.6) is 0 Å². The predicted octanol–water partition coefficient (Wildman–Crippen LogP) is 2.32. The summed E-state index contributed by atoms with van der Waals surface area (Å²) in [6, 6.07) is 0.0267. The van der Waals surface area contributed by atoms with E-state index in [0.717, 1.165) is 50.0 Å². The van der Waals surface area contributed by atoms with Crippen LogP contribution in [0.15, 0.2) is 12.4 Å². The van der Waals surface area contributed by atoms with E-state index in [1.54, 1.807) is 4.68 Å². The second kappa shape index (κ2) is 9.06. The van der Waals surface area contributed by atoms with Crippen molar-refractivity contribution in [1.82, 2.24) is 24.9 Å². The van der Waals surface area contributed by atoms with Crippen molar-refractivity contribution >= 4 is 6.03 Å². The largest absolute Gasteiger partial charge is 0.337 e. The van der Waals surface area contributed by atoms with Gasteiger partial charge in [-0.2, -0.15) is 5.10 Å². The molecule has 2 unspecified atom stereocenters. The molecule has 2 rings (SSSR count). The van der Waals surface area contributed by atoms with Gasteiger partial charge in [-0.25, -0.2) is 4.79 Å². The Morgan fingerprint density at radius 3 is 2.67 bits per heavy atom. The third-order valence-electron chi connectivity index (χ3n) is 4.56. The van der Waals surface area contributed by atoms with Crippen molar-refractivity contribution < 1.29 is 4.79 Å². The van der Waals surface area contributed by atoms with Crippen LogP contribution in [0.25, 0.3) is 0 Å². The van der Waals surface area contributed by atoms with Crippen LogP contribution in [0.1, 0.15) is 39.2 Å². The van der Waals surface area contributed by atoms with Crippen LogP contribution < -0.4 is 5.32 Å². The maximum absolute atomic E-state index is 12.5. The number of amides is 2. The molecule has 1 fully saturated rings. The van der Waals surface area contributed by atoms with Crippen LogP contribution in [0.3, 0.4) is 0 Å². The summed E-state index contributed by atoms with van der Waals surface area (Å²) in [7, 11) is 1.90.